The number of nitrogens with zero attached hydrogens (tertiary/aromatic N) is 2. The van der Waals surface area contributed by atoms with Gasteiger partial charge in [0.2, 0.25) is 17.7 Å². The van der Waals surface area contributed by atoms with E-state index in [0.717, 1.165) is 15.9 Å². The Balaban J connectivity index is 1.24. The number of benzene rings is 2. The highest BCUT2D eigenvalue weighted by atomic mass is 32.1. The SMILES string of the molecule is COc1ccc(N2C[C@@H](C(=O)NCCC(=O)Nc3nc4ccccc4s3)CC2=O)cc1. The van der Waals surface area contributed by atoms with Crippen LogP contribution in [0.3, 0.4) is 0 Å². The number of carbonyl (C=O) groups is 3. The van der Waals surface area contributed by atoms with Crippen molar-refractivity contribution >= 4 is 50.1 Å². The van der Waals surface area contributed by atoms with Crippen LogP contribution in [0.5, 0.6) is 5.75 Å². The minimum Gasteiger partial charge on any atom is -0.497 e. The lowest BCUT2D eigenvalue weighted by Gasteiger charge is -2.17. The summed E-state index contributed by atoms with van der Waals surface area (Å²) in [6.45, 7) is 0.512. The molecule has 1 aliphatic heterocycles. The van der Waals surface area contributed by atoms with Crippen LogP contribution in [0.15, 0.2) is 48.5 Å². The first-order valence-electron chi connectivity index (χ1n) is 9.91. The lowest BCUT2D eigenvalue weighted by atomic mass is 10.1. The number of fused-ring (bicyclic) bond motifs is 1. The second-order valence-corrected chi connectivity index (χ2v) is 8.21. The molecule has 2 N–H and O–H groups in total. The summed E-state index contributed by atoms with van der Waals surface area (Å²) in [5, 5.41) is 6.06. The summed E-state index contributed by atoms with van der Waals surface area (Å²) < 4.78 is 6.13. The Hall–Kier alpha value is -3.46. The maximum Gasteiger partial charge on any atom is 0.227 e. The van der Waals surface area contributed by atoms with E-state index in [2.05, 4.69) is 15.6 Å². The topological polar surface area (TPSA) is 101 Å². The third kappa shape index (κ3) is 4.83. The first-order valence-corrected chi connectivity index (χ1v) is 10.7. The number of amides is 3. The fourth-order valence-corrected chi connectivity index (χ4v) is 4.33. The Morgan fingerprint density at radius 1 is 1.19 bits per heavy atom. The van der Waals surface area contributed by atoms with E-state index in [1.165, 1.54) is 11.3 Å². The summed E-state index contributed by atoms with van der Waals surface area (Å²) >= 11 is 1.41. The van der Waals surface area contributed by atoms with Crippen molar-refractivity contribution in [3.8, 4) is 5.75 Å². The van der Waals surface area contributed by atoms with Crippen molar-refractivity contribution in [2.75, 3.05) is 30.4 Å². The average Bonchev–Trinajstić information content (AvgIpc) is 3.36. The van der Waals surface area contributed by atoms with Gasteiger partial charge in [-0.05, 0) is 36.4 Å². The first-order chi connectivity index (χ1) is 15.0. The quantitative estimate of drug-likeness (QED) is 0.591. The average molecular weight is 439 g/mol. The standard InChI is InChI=1S/C22H22N4O4S/c1-30-16-8-6-15(7-9-16)26-13-14(12-20(26)28)21(29)23-11-10-19(27)25-22-24-17-4-2-3-5-18(17)31-22/h2-9,14H,10-13H2,1H3,(H,23,29)(H,24,25,27)/t14-/m0/s1. The molecular formula is C22H22N4O4S. The number of thiazole rings is 1. The van der Waals surface area contributed by atoms with Crippen molar-refractivity contribution in [3.63, 3.8) is 0 Å². The van der Waals surface area contributed by atoms with Gasteiger partial charge in [-0.3, -0.25) is 14.4 Å². The molecule has 9 heteroatoms. The number of para-hydroxylation sites is 1. The number of methoxy groups -OCH3 is 1. The highest BCUT2D eigenvalue weighted by Gasteiger charge is 2.35. The van der Waals surface area contributed by atoms with Crippen molar-refractivity contribution in [3.05, 3.63) is 48.5 Å². The van der Waals surface area contributed by atoms with E-state index < -0.39 is 5.92 Å². The Labute approximate surface area is 183 Å². The van der Waals surface area contributed by atoms with Crippen LogP contribution in [-0.2, 0) is 14.4 Å². The van der Waals surface area contributed by atoms with E-state index in [4.69, 9.17) is 4.74 Å². The zero-order chi connectivity index (χ0) is 21.8. The number of nitrogens with one attached hydrogen (secondary N) is 2. The monoisotopic (exact) mass is 438 g/mol. The van der Waals surface area contributed by atoms with Gasteiger partial charge in [-0.15, -0.1) is 0 Å². The normalized spacial score (nSPS) is 15.8. The van der Waals surface area contributed by atoms with Crippen molar-refractivity contribution in [1.29, 1.82) is 0 Å². The predicted octanol–water partition coefficient (Wildman–Crippen LogP) is 2.80. The summed E-state index contributed by atoms with van der Waals surface area (Å²) in [6.07, 6.45) is 0.278. The zero-order valence-electron chi connectivity index (χ0n) is 17.0. The maximum absolute atomic E-state index is 12.5. The predicted molar refractivity (Wildman–Crippen MR) is 119 cm³/mol. The molecule has 0 bridgehead atoms. The van der Waals surface area contributed by atoms with Crippen molar-refractivity contribution in [2.45, 2.75) is 12.8 Å². The molecule has 1 aliphatic rings. The highest BCUT2D eigenvalue weighted by molar-refractivity contribution is 7.22. The molecule has 2 heterocycles. The van der Waals surface area contributed by atoms with Crippen LogP contribution in [0.2, 0.25) is 0 Å². The molecule has 1 aromatic heterocycles. The second kappa shape index (κ2) is 9.13. The van der Waals surface area contributed by atoms with E-state index >= 15 is 0 Å². The van der Waals surface area contributed by atoms with E-state index in [0.29, 0.717) is 17.4 Å². The van der Waals surface area contributed by atoms with Crippen LogP contribution in [0.25, 0.3) is 10.2 Å². The molecule has 2 aromatic carbocycles. The molecular weight excluding hydrogens is 416 g/mol. The fraction of sp³-hybridized carbons (Fsp3) is 0.273. The fourth-order valence-electron chi connectivity index (χ4n) is 3.45. The van der Waals surface area contributed by atoms with E-state index in [1.54, 1.807) is 36.3 Å². The Bertz CT molecular complexity index is 1080. The molecule has 31 heavy (non-hydrogen) atoms. The van der Waals surface area contributed by atoms with Gasteiger partial charge in [0.15, 0.2) is 5.13 Å². The number of carbonyl (C=O) groups excluding carboxylic acids is 3. The van der Waals surface area contributed by atoms with Crippen LogP contribution in [0.1, 0.15) is 12.8 Å². The molecule has 1 fully saturated rings. The zero-order valence-corrected chi connectivity index (χ0v) is 17.8. The van der Waals surface area contributed by atoms with E-state index in [9.17, 15) is 14.4 Å². The van der Waals surface area contributed by atoms with Gasteiger partial charge in [0, 0.05) is 31.6 Å². The Morgan fingerprint density at radius 2 is 1.97 bits per heavy atom. The van der Waals surface area contributed by atoms with Gasteiger partial charge in [0.1, 0.15) is 5.75 Å². The highest BCUT2D eigenvalue weighted by Crippen LogP contribution is 2.27. The molecule has 0 unspecified atom stereocenters. The van der Waals surface area contributed by atoms with Crippen LogP contribution in [0.4, 0.5) is 10.8 Å². The minimum absolute atomic E-state index is 0.0982. The third-order valence-electron chi connectivity index (χ3n) is 5.07. The van der Waals surface area contributed by atoms with Crippen molar-refractivity contribution in [1.82, 2.24) is 10.3 Å². The second-order valence-electron chi connectivity index (χ2n) is 7.18. The molecule has 0 aliphatic carbocycles. The van der Waals surface area contributed by atoms with Gasteiger partial charge in [0.05, 0.1) is 23.2 Å². The lowest BCUT2D eigenvalue weighted by molar-refractivity contribution is -0.126. The van der Waals surface area contributed by atoms with Gasteiger partial charge in [-0.2, -0.15) is 0 Å². The van der Waals surface area contributed by atoms with E-state index in [1.807, 2.05) is 24.3 Å². The summed E-state index contributed by atoms with van der Waals surface area (Å²) in [5.74, 6) is -0.284. The third-order valence-corrected chi connectivity index (χ3v) is 6.02. The molecule has 0 radical (unpaired) electrons. The molecule has 8 nitrogen and oxygen atoms in total. The first kappa shape index (κ1) is 20.8. The summed E-state index contributed by atoms with van der Waals surface area (Å²) in [5.41, 5.74) is 1.57. The van der Waals surface area contributed by atoms with Crippen LogP contribution >= 0.6 is 11.3 Å². The molecule has 3 amide bonds. The summed E-state index contributed by atoms with van der Waals surface area (Å²) in [4.78, 5) is 43.0. The number of rotatable bonds is 7. The van der Waals surface area contributed by atoms with Gasteiger partial charge >= 0.3 is 0 Å². The van der Waals surface area contributed by atoms with Crippen LogP contribution in [0, 0.1) is 5.92 Å². The molecule has 1 atom stereocenters. The number of aromatic nitrogens is 1. The van der Waals surface area contributed by atoms with Gasteiger partial charge < -0.3 is 20.3 Å². The summed E-state index contributed by atoms with van der Waals surface area (Å²) in [6, 6.07) is 14.8. The maximum atomic E-state index is 12.5. The van der Waals surface area contributed by atoms with Gasteiger partial charge in [-0.25, -0.2) is 4.98 Å². The molecule has 0 saturated carbocycles. The van der Waals surface area contributed by atoms with Crippen LogP contribution < -0.4 is 20.3 Å². The number of ether oxygens (including phenoxy) is 1. The number of anilines is 2. The Morgan fingerprint density at radius 3 is 2.71 bits per heavy atom. The van der Waals surface area contributed by atoms with Crippen LogP contribution in [-0.4, -0.2) is 42.9 Å². The van der Waals surface area contributed by atoms with E-state index in [-0.39, 0.29) is 37.1 Å². The molecule has 160 valence electrons. The van der Waals surface area contributed by atoms with Gasteiger partial charge in [0.25, 0.3) is 0 Å². The lowest BCUT2D eigenvalue weighted by Crippen LogP contribution is -2.34. The smallest absolute Gasteiger partial charge is 0.227 e. The minimum atomic E-state index is -0.443. The molecule has 1 saturated heterocycles. The molecule has 0 spiro atoms. The molecule has 4 rings (SSSR count). The van der Waals surface area contributed by atoms with Crippen molar-refractivity contribution < 1.29 is 19.1 Å². The number of hydrogen-bond acceptors (Lipinski definition) is 6. The number of hydrogen-bond donors (Lipinski definition) is 2. The largest absolute Gasteiger partial charge is 0.497 e. The Kier molecular flexibility index (Phi) is 6.13. The molecule has 3 aromatic rings. The summed E-state index contributed by atoms with van der Waals surface area (Å²) in [7, 11) is 1.58. The van der Waals surface area contributed by atoms with Crippen molar-refractivity contribution in [2.24, 2.45) is 5.92 Å². The van der Waals surface area contributed by atoms with Gasteiger partial charge in [-0.1, -0.05) is 23.5 Å².